The van der Waals surface area contributed by atoms with Crippen LogP contribution in [0.2, 0.25) is 0 Å². The maximum Gasteiger partial charge on any atom is 0.254 e. The van der Waals surface area contributed by atoms with Crippen LogP contribution < -0.4 is 0 Å². The molecule has 0 spiro atoms. The standard InChI is InChI=1S/C19H18N2O2/c22-18-9-13-7-12(18)10-21(13)19(23)11-5-6-17-15(8-11)14-3-1-2-4-16(14)20-17/h1-6,8,12-13,18,20,22H,7,9-10H2. The van der Waals surface area contributed by atoms with Crippen molar-refractivity contribution in [1.82, 2.24) is 9.88 Å². The first-order chi connectivity index (χ1) is 11.2. The minimum atomic E-state index is -0.222. The zero-order chi connectivity index (χ0) is 15.6. The number of aliphatic hydroxyl groups excluding tert-OH is 1. The van der Waals surface area contributed by atoms with Gasteiger partial charge in [-0.25, -0.2) is 0 Å². The summed E-state index contributed by atoms with van der Waals surface area (Å²) in [6.07, 6.45) is 1.45. The van der Waals surface area contributed by atoms with E-state index in [1.807, 2.05) is 35.2 Å². The second kappa shape index (κ2) is 4.59. The van der Waals surface area contributed by atoms with Gasteiger partial charge in [-0.1, -0.05) is 18.2 Å². The van der Waals surface area contributed by atoms with E-state index in [1.54, 1.807) is 0 Å². The number of para-hydroxylation sites is 1. The number of aromatic nitrogens is 1. The zero-order valence-corrected chi connectivity index (χ0v) is 12.7. The number of H-pyrrole nitrogens is 1. The molecule has 0 radical (unpaired) electrons. The topological polar surface area (TPSA) is 56.3 Å². The molecule has 1 saturated carbocycles. The highest BCUT2D eigenvalue weighted by Crippen LogP contribution is 2.38. The van der Waals surface area contributed by atoms with Crippen molar-refractivity contribution in [2.75, 3.05) is 6.54 Å². The third-order valence-corrected chi connectivity index (χ3v) is 5.52. The first-order valence-corrected chi connectivity index (χ1v) is 8.20. The number of aromatic amines is 1. The van der Waals surface area contributed by atoms with E-state index in [9.17, 15) is 9.90 Å². The van der Waals surface area contributed by atoms with Crippen molar-refractivity contribution in [3.63, 3.8) is 0 Å². The molecule has 2 aliphatic rings. The van der Waals surface area contributed by atoms with Gasteiger partial charge >= 0.3 is 0 Å². The lowest BCUT2D eigenvalue weighted by Crippen LogP contribution is -2.41. The van der Waals surface area contributed by atoms with E-state index in [-0.39, 0.29) is 24.0 Å². The molecule has 1 aliphatic carbocycles. The molecule has 1 amide bonds. The molecule has 5 rings (SSSR count). The normalized spacial score (nSPS) is 26.5. The van der Waals surface area contributed by atoms with E-state index in [1.165, 1.54) is 0 Å². The summed E-state index contributed by atoms with van der Waals surface area (Å²) in [5.41, 5.74) is 2.89. The first kappa shape index (κ1) is 13.1. The Morgan fingerprint density at radius 2 is 1.91 bits per heavy atom. The van der Waals surface area contributed by atoms with Crippen LogP contribution in [0.3, 0.4) is 0 Å². The second-order valence-corrected chi connectivity index (χ2v) is 6.84. The highest BCUT2D eigenvalue weighted by atomic mass is 16.3. The van der Waals surface area contributed by atoms with Crippen molar-refractivity contribution in [2.24, 2.45) is 5.92 Å². The molecule has 2 aromatic carbocycles. The number of carbonyl (C=O) groups is 1. The van der Waals surface area contributed by atoms with Crippen LogP contribution in [0.15, 0.2) is 42.5 Å². The van der Waals surface area contributed by atoms with Crippen LogP contribution in [0.4, 0.5) is 0 Å². The summed E-state index contributed by atoms with van der Waals surface area (Å²) < 4.78 is 0. The summed E-state index contributed by atoms with van der Waals surface area (Å²) in [5.74, 6) is 0.359. The average molecular weight is 306 g/mol. The number of nitrogens with one attached hydrogen (secondary N) is 1. The van der Waals surface area contributed by atoms with Crippen molar-refractivity contribution in [1.29, 1.82) is 0 Å². The van der Waals surface area contributed by atoms with Gasteiger partial charge in [-0.3, -0.25) is 4.79 Å². The van der Waals surface area contributed by atoms with Gasteiger partial charge in [-0.15, -0.1) is 0 Å². The molecule has 116 valence electrons. The number of rotatable bonds is 1. The van der Waals surface area contributed by atoms with Crippen molar-refractivity contribution in [3.8, 4) is 0 Å². The van der Waals surface area contributed by atoms with Crippen molar-refractivity contribution in [3.05, 3.63) is 48.0 Å². The van der Waals surface area contributed by atoms with Crippen LogP contribution in [0.1, 0.15) is 23.2 Å². The van der Waals surface area contributed by atoms with E-state index >= 15 is 0 Å². The third kappa shape index (κ3) is 1.85. The van der Waals surface area contributed by atoms with Crippen LogP contribution in [0, 0.1) is 5.92 Å². The molecule has 3 atom stereocenters. The van der Waals surface area contributed by atoms with Crippen LogP contribution in [-0.2, 0) is 0 Å². The van der Waals surface area contributed by atoms with Gasteiger partial charge in [-0.2, -0.15) is 0 Å². The fourth-order valence-electron chi connectivity index (χ4n) is 4.32. The molecule has 4 heteroatoms. The average Bonchev–Trinajstić information content (AvgIpc) is 3.24. The predicted molar refractivity (Wildman–Crippen MR) is 89.4 cm³/mol. The van der Waals surface area contributed by atoms with Crippen LogP contribution in [0.25, 0.3) is 21.8 Å². The number of aliphatic hydroxyl groups is 1. The molecule has 4 nitrogen and oxygen atoms in total. The molecule has 1 aromatic heterocycles. The molecule has 1 saturated heterocycles. The number of fused-ring (bicyclic) bond motifs is 5. The van der Waals surface area contributed by atoms with Crippen LogP contribution in [0.5, 0.6) is 0 Å². The highest BCUT2D eigenvalue weighted by Gasteiger charge is 2.45. The number of carbonyl (C=O) groups excluding carboxylic acids is 1. The van der Waals surface area contributed by atoms with Gasteiger partial charge in [-0.05, 0) is 37.1 Å². The van der Waals surface area contributed by atoms with Crippen molar-refractivity contribution >= 4 is 27.7 Å². The molecule has 2 heterocycles. The summed E-state index contributed by atoms with van der Waals surface area (Å²) in [5, 5.41) is 12.1. The fourth-order valence-corrected chi connectivity index (χ4v) is 4.32. The van der Waals surface area contributed by atoms with Gasteiger partial charge in [0.1, 0.15) is 0 Å². The SMILES string of the molecule is O=C(c1ccc2[nH]c3ccccc3c2c1)N1CC2CC1CC2O. The molecule has 2 bridgehead atoms. The molecule has 3 unspecified atom stereocenters. The van der Waals surface area contributed by atoms with E-state index < -0.39 is 0 Å². The number of benzene rings is 2. The molecular formula is C19H18N2O2. The monoisotopic (exact) mass is 306 g/mol. The predicted octanol–water partition coefficient (Wildman–Crippen LogP) is 2.92. The second-order valence-electron chi connectivity index (χ2n) is 6.84. The molecule has 3 aromatic rings. The Morgan fingerprint density at radius 3 is 2.70 bits per heavy atom. The minimum absolute atomic E-state index is 0.0941. The summed E-state index contributed by atoms with van der Waals surface area (Å²) in [6.45, 7) is 0.691. The van der Waals surface area contributed by atoms with E-state index in [2.05, 4.69) is 17.1 Å². The Morgan fingerprint density at radius 1 is 1.09 bits per heavy atom. The van der Waals surface area contributed by atoms with Gasteiger partial charge in [0.05, 0.1) is 6.10 Å². The summed E-state index contributed by atoms with van der Waals surface area (Å²) in [6, 6.07) is 14.3. The van der Waals surface area contributed by atoms with E-state index in [0.717, 1.165) is 40.2 Å². The lowest BCUT2D eigenvalue weighted by Gasteiger charge is -2.29. The Hall–Kier alpha value is -2.33. The number of amides is 1. The molecule has 2 N–H and O–H groups in total. The maximum absolute atomic E-state index is 12.9. The Bertz CT molecular complexity index is 927. The van der Waals surface area contributed by atoms with Gasteiger partial charge in [0.25, 0.3) is 5.91 Å². The van der Waals surface area contributed by atoms with Gasteiger partial charge in [0, 0.05) is 45.9 Å². The smallest absolute Gasteiger partial charge is 0.254 e. The van der Waals surface area contributed by atoms with Crippen molar-refractivity contribution in [2.45, 2.75) is 25.0 Å². The fraction of sp³-hybridized carbons (Fsp3) is 0.316. The number of nitrogens with zero attached hydrogens (tertiary/aromatic N) is 1. The quantitative estimate of drug-likeness (QED) is 0.726. The first-order valence-electron chi connectivity index (χ1n) is 8.20. The number of likely N-dealkylation sites (tertiary alicyclic amines) is 1. The molecule has 23 heavy (non-hydrogen) atoms. The highest BCUT2D eigenvalue weighted by molar-refractivity contribution is 6.10. The molecular weight excluding hydrogens is 288 g/mol. The summed E-state index contributed by atoms with van der Waals surface area (Å²) in [4.78, 5) is 18.2. The van der Waals surface area contributed by atoms with Crippen molar-refractivity contribution < 1.29 is 9.90 Å². The Labute approximate surface area is 133 Å². The van der Waals surface area contributed by atoms with Gasteiger partial charge < -0.3 is 15.0 Å². The molecule has 2 fully saturated rings. The lowest BCUT2D eigenvalue weighted by molar-refractivity contribution is 0.0516. The zero-order valence-electron chi connectivity index (χ0n) is 12.7. The number of piperidine rings is 1. The van der Waals surface area contributed by atoms with Gasteiger partial charge in [0.2, 0.25) is 0 Å². The maximum atomic E-state index is 12.9. The third-order valence-electron chi connectivity index (χ3n) is 5.52. The Kier molecular flexibility index (Phi) is 2.62. The summed E-state index contributed by atoms with van der Waals surface area (Å²) >= 11 is 0. The lowest BCUT2D eigenvalue weighted by atomic mass is 10.0. The van der Waals surface area contributed by atoms with Crippen LogP contribution in [-0.4, -0.2) is 39.6 Å². The number of hydrogen-bond acceptors (Lipinski definition) is 2. The van der Waals surface area contributed by atoms with Gasteiger partial charge in [0.15, 0.2) is 0 Å². The molecule has 1 aliphatic heterocycles. The van der Waals surface area contributed by atoms with E-state index in [0.29, 0.717) is 6.54 Å². The summed E-state index contributed by atoms with van der Waals surface area (Å²) in [7, 11) is 0. The Balaban J connectivity index is 1.55. The van der Waals surface area contributed by atoms with E-state index in [4.69, 9.17) is 0 Å². The van der Waals surface area contributed by atoms with Crippen LogP contribution >= 0.6 is 0 Å². The number of hydrogen-bond donors (Lipinski definition) is 2. The minimum Gasteiger partial charge on any atom is -0.393 e. The largest absolute Gasteiger partial charge is 0.393 e.